The minimum Gasteiger partial charge on any atom is -0.497 e. The minimum atomic E-state index is -0.303. The number of rotatable bonds is 6. The van der Waals surface area contributed by atoms with E-state index < -0.39 is 0 Å². The Balaban J connectivity index is 1.79. The number of aryl methyl sites for hydroxylation is 1. The first-order valence-corrected chi connectivity index (χ1v) is 9.41. The highest BCUT2D eigenvalue weighted by Crippen LogP contribution is 2.24. The smallest absolute Gasteiger partial charge is 0.274 e. The highest BCUT2D eigenvalue weighted by Gasteiger charge is 2.18. The molecule has 0 aliphatic heterocycles. The fraction of sp³-hybridized carbons (Fsp3) is 0.250. The Morgan fingerprint density at radius 2 is 1.93 bits per heavy atom. The molecule has 1 aromatic heterocycles. The van der Waals surface area contributed by atoms with Crippen LogP contribution in [0, 0.1) is 13.8 Å². The van der Waals surface area contributed by atoms with Gasteiger partial charge in [0, 0.05) is 16.6 Å². The van der Waals surface area contributed by atoms with Gasteiger partial charge in [-0.15, -0.1) is 5.10 Å². The maximum atomic E-state index is 12.7. The number of hydrogen-bond donors (Lipinski definition) is 1. The maximum Gasteiger partial charge on any atom is 0.274 e. The first-order valence-electron chi connectivity index (χ1n) is 8.62. The van der Waals surface area contributed by atoms with Crippen LogP contribution in [-0.2, 0) is 6.54 Å². The molecule has 2 aromatic carbocycles. The van der Waals surface area contributed by atoms with E-state index >= 15 is 0 Å². The Hall–Kier alpha value is -2.87. The van der Waals surface area contributed by atoms with Crippen LogP contribution in [-0.4, -0.2) is 35.1 Å². The lowest BCUT2D eigenvalue weighted by molar-refractivity contribution is 0.0945. The van der Waals surface area contributed by atoms with Crippen molar-refractivity contribution in [3.8, 4) is 17.2 Å². The summed E-state index contributed by atoms with van der Waals surface area (Å²) in [6.07, 6.45) is 0. The summed E-state index contributed by atoms with van der Waals surface area (Å²) in [4.78, 5) is 12.7. The number of carbonyl (C=O) groups is 1. The largest absolute Gasteiger partial charge is 0.497 e. The van der Waals surface area contributed by atoms with Crippen molar-refractivity contribution >= 4 is 21.8 Å². The quantitative estimate of drug-likeness (QED) is 0.628. The van der Waals surface area contributed by atoms with E-state index in [1.54, 1.807) is 31.0 Å². The van der Waals surface area contributed by atoms with Gasteiger partial charge in [-0.3, -0.25) is 4.79 Å². The molecule has 0 fully saturated rings. The molecule has 0 radical (unpaired) electrons. The number of nitrogens with one attached hydrogen (secondary N) is 1. The Kier molecular flexibility index (Phi) is 5.99. The molecular formula is C20H21BrN4O3. The molecule has 0 saturated heterocycles. The standard InChI is InChI=1S/C20H21BrN4O3/c1-12-9-15(5-7-17(12)21)25-13(2)19(23-24-25)20(26)22-11-14-10-16(27-3)6-8-18(14)28-4/h5-10H,11H2,1-4H3,(H,22,26). The average Bonchev–Trinajstić information content (AvgIpc) is 3.09. The lowest BCUT2D eigenvalue weighted by Gasteiger charge is -2.11. The number of carbonyl (C=O) groups excluding carboxylic acids is 1. The van der Waals surface area contributed by atoms with Gasteiger partial charge in [0.05, 0.1) is 25.6 Å². The molecule has 0 aliphatic carbocycles. The molecule has 0 bridgehead atoms. The van der Waals surface area contributed by atoms with Gasteiger partial charge in [0.25, 0.3) is 5.91 Å². The van der Waals surface area contributed by atoms with E-state index in [2.05, 4.69) is 31.6 Å². The third-order valence-electron chi connectivity index (χ3n) is 4.42. The summed E-state index contributed by atoms with van der Waals surface area (Å²) in [5.74, 6) is 1.06. The number of methoxy groups -OCH3 is 2. The Morgan fingerprint density at radius 1 is 1.14 bits per heavy atom. The Bertz CT molecular complexity index is 1020. The molecule has 0 unspecified atom stereocenters. The van der Waals surface area contributed by atoms with E-state index in [-0.39, 0.29) is 18.1 Å². The zero-order valence-electron chi connectivity index (χ0n) is 16.1. The molecular weight excluding hydrogens is 424 g/mol. The van der Waals surface area contributed by atoms with E-state index in [9.17, 15) is 4.79 Å². The normalized spacial score (nSPS) is 10.6. The van der Waals surface area contributed by atoms with Gasteiger partial charge >= 0.3 is 0 Å². The van der Waals surface area contributed by atoms with Crippen LogP contribution in [0.2, 0.25) is 0 Å². The lowest BCUT2D eigenvalue weighted by atomic mass is 10.2. The number of halogens is 1. The van der Waals surface area contributed by atoms with Crippen LogP contribution in [0.4, 0.5) is 0 Å². The highest BCUT2D eigenvalue weighted by molar-refractivity contribution is 9.10. The summed E-state index contributed by atoms with van der Waals surface area (Å²) >= 11 is 3.48. The van der Waals surface area contributed by atoms with Crippen molar-refractivity contribution in [2.45, 2.75) is 20.4 Å². The molecule has 0 aliphatic rings. The van der Waals surface area contributed by atoms with Crippen LogP contribution in [0.5, 0.6) is 11.5 Å². The number of hydrogen-bond acceptors (Lipinski definition) is 5. The van der Waals surface area contributed by atoms with E-state index in [1.807, 2.05) is 38.1 Å². The van der Waals surface area contributed by atoms with Gasteiger partial charge in [0.1, 0.15) is 11.5 Å². The summed E-state index contributed by atoms with van der Waals surface area (Å²) < 4.78 is 13.3. The van der Waals surface area contributed by atoms with Gasteiger partial charge in [0.2, 0.25) is 0 Å². The zero-order chi connectivity index (χ0) is 20.3. The summed E-state index contributed by atoms with van der Waals surface area (Å²) in [6.45, 7) is 4.09. The van der Waals surface area contributed by atoms with E-state index in [1.165, 1.54) is 0 Å². The Morgan fingerprint density at radius 3 is 2.61 bits per heavy atom. The minimum absolute atomic E-state index is 0.280. The van der Waals surface area contributed by atoms with Crippen LogP contribution >= 0.6 is 15.9 Å². The predicted octanol–water partition coefficient (Wildman–Crippen LogP) is 3.59. The monoisotopic (exact) mass is 444 g/mol. The second-order valence-electron chi connectivity index (χ2n) is 6.23. The zero-order valence-corrected chi connectivity index (χ0v) is 17.7. The van der Waals surface area contributed by atoms with Gasteiger partial charge < -0.3 is 14.8 Å². The number of ether oxygens (including phenoxy) is 2. The summed E-state index contributed by atoms with van der Waals surface area (Å²) in [5.41, 5.74) is 3.67. The lowest BCUT2D eigenvalue weighted by Crippen LogP contribution is -2.24. The van der Waals surface area contributed by atoms with Crippen LogP contribution < -0.4 is 14.8 Å². The molecule has 1 heterocycles. The second kappa shape index (κ2) is 8.43. The number of nitrogens with zero attached hydrogens (tertiary/aromatic N) is 3. The third kappa shape index (κ3) is 4.01. The number of benzene rings is 2. The molecule has 3 rings (SSSR count). The van der Waals surface area contributed by atoms with Crippen molar-refractivity contribution in [2.24, 2.45) is 0 Å². The van der Waals surface area contributed by atoms with Gasteiger partial charge in [-0.25, -0.2) is 4.68 Å². The fourth-order valence-corrected chi connectivity index (χ4v) is 3.07. The number of aromatic nitrogens is 3. The van der Waals surface area contributed by atoms with Crippen LogP contribution in [0.25, 0.3) is 5.69 Å². The van der Waals surface area contributed by atoms with Crippen LogP contribution in [0.15, 0.2) is 40.9 Å². The molecule has 1 amide bonds. The molecule has 28 heavy (non-hydrogen) atoms. The molecule has 7 nitrogen and oxygen atoms in total. The van der Waals surface area contributed by atoms with Gasteiger partial charge in [-0.1, -0.05) is 21.1 Å². The van der Waals surface area contributed by atoms with E-state index in [0.717, 1.165) is 21.3 Å². The molecule has 0 spiro atoms. The van der Waals surface area contributed by atoms with Crippen molar-refractivity contribution < 1.29 is 14.3 Å². The highest BCUT2D eigenvalue weighted by atomic mass is 79.9. The molecule has 1 N–H and O–H groups in total. The van der Waals surface area contributed by atoms with Crippen molar-refractivity contribution in [3.05, 3.63) is 63.4 Å². The number of amides is 1. The third-order valence-corrected chi connectivity index (χ3v) is 5.31. The summed E-state index contributed by atoms with van der Waals surface area (Å²) in [6, 6.07) is 11.3. The van der Waals surface area contributed by atoms with Crippen LogP contribution in [0.1, 0.15) is 27.3 Å². The summed E-state index contributed by atoms with van der Waals surface area (Å²) in [5, 5.41) is 11.1. The maximum absolute atomic E-state index is 12.7. The van der Waals surface area contributed by atoms with Crippen LogP contribution in [0.3, 0.4) is 0 Å². The van der Waals surface area contributed by atoms with Gasteiger partial charge in [0.15, 0.2) is 5.69 Å². The molecule has 8 heteroatoms. The predicted molar refractivity (Wildman–Crippen MR) is 109 cm³/mol. The van der Waals surface area contributed by atoms with Gasteiger partial charge in [-0.2, -0.15) is 0 Å². The van der Waals surface area contributed by atoms with E-state index in [0.29, 0.717) is 17.2 Å². The molecule has 0 atom stereocenters. The average molecular weight is 445 g/mol. The van der Waals surface area contributed by atoms with Crippen molar-refractivity contribution in [3.63, 3.8) is 0 Å². The molecule has 146 valence electrons. The SMILES string of the molecule is COc1ccc(OC)c(CNC(=O)c2nnn(-c3ccc(Br)c(C)c3)c2C)c1. The first kappa shape index (κ1) is 19.9. The fourth-order valence-electron chi connectivity index (χ4n) is 2.82. The molecule has 0 saturated carbocycles. The van der Waals surface area contributed by atoms with Gasteiger partial charge in [-0.05, 0) is 55.8 Å². The van der Waals surface area contributed by atoms with Crippen molar-refractivity contribution in [1.82, 2.24) is 20.3 Å². The second-order valence-corrected chi connectivity index (χ2v) is 7.08. The molecule has 3 aromatic rings. The van der Waals surface area contributed by atoms with Crippen molar-refractivity contribution in [1.29, 1.82) is 0 Å². The topological polar surface area (TPSA) is 78.3 Å². The Labute approximate surface area is 171 Å². The first-order chi connectivity index (χ1) is 13.4. The van der Waals surface area contributed by atoms with Crippen molar-refractivity contribution in [2.75, 3.05) is 14.2 Å². The van der Waals surface area contributed by atoms with E-state index in [4.69, 9.17) is 9.47 Å². The summed E-state index contributed by atoms with van der Waals surface area (Å²) in [7, 11) is 3.18.